The van der Waals surface area contributed by atoms with Crippen molar-refractivity contribution in [3.05, 3.63) is 34.0 Å². The van der Waals surface area contributed by atoms with Crippen molar-refractivity contribution in [1.29, 1.82) is 0 Å². The van der Waals surface area contributed by atoms with Crippen LogP contribution in [0.25, 0.3) is 0 Å². The van der Waals surface area contributed by atoms with Crippen LogP contribution in [0.2, 0.25) is 0 Å². The molecule has 0 radical (unpaired) electrons. The van der Waals surface area contributed by atoms with E-state index < -0.39 is 0 Å². The minimum Gasteiger partial charge on any atom is -0.354 e. The number of hydrogen-bond donors (Lipinski definition) is 2. The molecular weight excluding hydrogens is 346 g/mol. The predicted molar refractivity (Wildman–Crippen MR) is 97.9 cm³/mol. The number of piperidine rings is 1. The van der Waals surface area contributed by atoms with Crippen molar-refractivity contribution >= 4 is 29.7 Å². The molecule has 1 saturated heterocycles. The molecule has 1 fully saturated rings. The summed E-state index contributed by atoms with van der Waals surface area (Å²) in [6.07, 6.45) is 4.96. The number of rotatable bonds is 6. The molecule has 2 aromatic heterocycles. The summed E-state index contributed by atoms with van der Waals surface area (Å²) in [5.41, 5.74) is 4.06. The van der Waals surface area contributed by atoms with Crippen LogP contribution in [-0.4, -0.2) is 40.3 Å². The zero-order valence-electron chi connectivity index (χ0n) is 13.8. The maximum atomic E-state index is 12.2. The fourth-order valence-corrected chi connectivity index (χ4v) is 3.78. The zero-order chi connectivity index (χ0) is 16.1. The van der Waals surface area contributed by atoms with Crippen LogP contribution in [0.5, 0.6) is 0 Å². The molecule has 0 bridgehead atoms. The third-order valence-electron chi connectivity index (χ3n) is 4.28. The Hall–Kier alpha value is -1.44. The van der Waals surface area contributed by atoms with E-state index in [2.05, 4.69) is 20.7 Å². The number of carbonyl (C=O) groups excluding carboxylic acids is 1. The van der Waals surface area contributed by atoms with Crippen molar-refractivity contribution in [1.82, 2.24) is 25.4 Å². The van der Waals surface area contributed by atoms with Crippen LogP contribution in [0.1, 0.15) is 35.0 Å². The normalized spacial score (nSPS) is 17.3. The first-order chi connectivity index (χ1) is 11.2. The first-order valence-electron chi connectivity index (χ1n) is 8.12. The molecule has 3 rings (SSSR count). The summed E-state index contributed by atoms with van der Waals surface area (Å²) >= 11 is 1.64. The summed E-state index contributed by atoms with van der Waals surface area (Å²) in [5, 5.41) is 10.7. The SMILES string of the molecule is Cc1ncsc1CCNC(=O)Cn1nccc1C1CCCNC1.Cl. The molecule has 1 aliphatic heterocycles. The number of nitrogens with one attached hydrogen (secondary N) is 2. The van der Waals surface area contributed by atoms with E-state index in [-0.39, 0.29) is 18.3 Å². The van der Waals surface area contributed by atoms with Gasteiger partial charge in [-0.05, 0) is 32.4 Å². The molecule has 8 heteroatoms. The van der Waals surface area contributed by atoms with Gasteiger partial charge in [-0.15, -0.1) is 23.7 Å². The van der Waals surface area contributed by atoms with Gasteiger partial charge < -0.3 is 10.6 Å². The van der Waals surface area contributed by atoms with Crippen LogP contribution < -0.4 is 10.6 Å². The molecule has 0 saturated carbocycles. The molecule has 6 nitrogen and oxygen atoms in total. The number of aromatic nitrogens is 3. The first-order valence-corrected chi connectivity index (χ1v) is 9.00. The lowest BCUT2D eigenvalue weighted by Crippen LogP contribution is -2.33. The molecule has 132 valence electrons. The molecule has 1 atom stereocenters. The standard InChI is InChI=1S/C16H23N5OS.ClH/c1-12-15(23-11-19-12)5-7-18-16(22)10-21-14(4-8-20-21)13-3-2-6-17-9-13;/h4,8,11,13,17H,2-3,5-7,9-10H2,1H3,(H,18,22);1H. The van der Waals surface area contributed by atoms with Gasteiger partial charge >= 0.3 is 0 Å². The smallest absolute Gasteiger partial charge is 0.241 e. The highest BCUT2D eigenvalue weighted by molar-refractivity contribution is 7.09. The molecule has 0 spiro atoms. The molecule has 1 unspecified atom stereocenters. The zero-order valence-corrected chi connectivity index (χ0v) is 15.5. The van der Waals surface area contributed by atoms with Crippen molar-refractivity contribution in [2.24, 2.45) is 0 Å². The molecular formula is C16H24ClN5OS. The Balaban J connectivity index is 0.00000208. The van der Waals surface area contributed by atoms with E-state index in [0.717, 1.165) is 37.3 Å². The monoisotopic (exact) mass is 369 g/mol. The number of nitrogens with zero attached hydrogens (tertiary/aromatic N) is 3. The van der Waals surface area contributed by atoms with E-state index in [9.17, 15) is 4.79 Å². The van der Waals surface area contributed by atoms with E-state index >= 15 is 0 Å². The van der Waals surface area contributed by atoms with Gasteiger partial charge in [0.05, 0.1) is 11.2 Å². The Morgan fingerprint density at radius 3 is 3.12 bits per heavy atom. The van der Waals surface area contributed by atoms with Gasteiger partial charge in [-0.25, -0.2) is 4.98 Å². The Morgan fingerprint density at radius 2 is 2.42 bits per heavy atom. The maximum absolute atomic E-state index is 12.2. The highest BCUT2D eigenvalue weighted by Crippen LogP contribution is 2.22. The fourth-order valence-electron chi connectivity index (χ4n) is 3.00. The maximum Gasteiger partial charge on any atom is 0.241 e. The number of thiazole rings is 1. The summed E-state index contributed by atoms with van der Waals surface area (Å²) in [6.45, 7) is 4.99. The molecule has 1 aliphatic rings. The average molecular weight is 370 g/mol. The summed E-state index contributed by atoms with van der Waals surface area (Å²) < 4.78 is 1.84. The van der Waals surface area contributed by atoms with Gasteiger partial charge in [0.2, 0.25) is 5.91 Å². The van der Waals surface area contributed by atoms with Crippen LogP contribution in [-0.2, 0) is 17.8 Å². The lowest BCUT2D eigenvalue weighted by atomic mass is 9.96. The molecule has 0 aliphatic carbocycles. The second-order valence-electron chi connectivity index (χ2n) is 5.92. The van der Waals surface area contributed by atoms with Gasteiger partial charge in [0.1, 0.15) is 6.54 Å². The lowest BCUT2D eigenvalue weighted by molar-refractivity contribution is -0.121. The van der Waals surface area contributed by atoms with Gasteiger partial charge in [-0.3, -0.25) is 9.48 Å². The second kappa shape index (κ2) is 9.15. The van der Waals surface area contributed by atoms with Crippen molar-refractivity contribution in [2.75, 3.05) is 19.6 Å². The van der Waals surface area contributed by atoms with E-state index in [1.54, 1.807) is 17.5 Å². The van der Waals surface area contributed by atoms with Crippen LogP contribution >= 0.6 is 23.7 Å². The van der Waals surface area contributed by atoms with Gasteiger partial charge in [0.25, 0.3) is 0 Å². The number of halogens is 1. The topological polar surface area (TPSA) is 71.8 Å². The minimum absolute atomic E-state index is 0. The van der Waals surface area contributed by atoms with Gasteiger partial charge in [-0.1, -0.05) is 0 Å². The fraction of sp³-hybridized carbons (Fsp3) is 0.562. The van der Waals surface area contributed by atoms with Crippen LogP contribution in [0.3, 0.4) is 0 Å². The van der Waals surface area contributed by atoms with E-state index in [1.807, 2.05) is 23.2 Å². The summed E-state index contributed by atoms with van der Waals surface area (Å²) in [7, 11) is 0. The van der Waals surface area contributed by atoms with Crippen molar-refractivity contribution < 1.29 is 4.79 Å². The van der Waals surface area contributed by atoms with E-state index in [1.165, 1.54) is 11.3 Å². The Morgan fingerprint density at radius 1 is 1.54 bits per heavy atom. The van der Waals surface area contributed by atoms with Gasteiger partial charge in [0, 0.05) is 42.2 Å². The highest BCUT2D eigenvalue weighted by Gasteiger charge is 2.19. The predicted octanol–water partition coefficient (Wildman–Crippen LogP) is 1.90. The molecule has 0 aromatic carbocycles. The van der Waals surface area contributed by atoms with Crippen molar-refractivity contribution in [3.8, 4) is 0 Å². The third-order valence-corrected chi connectivity index (χ3v) is 5.27. The van der Waals surface area contributed by atoms with Crippen LogP contribution in [0.4, 0.5) is 0 Å². The number of aryl methyl sites for hydroxylation is 1. The molecule has 2 N–H and O–H groups in total. The largest absolute Gasteiger partial charge is 0.354 e. The van der Waals surface area contributed by atoms with E-state index in [0.29, 0.717) is 19.0 Å². The highest BCUT2D eigenvalue weighted by atomic mass is 35.5. The van der Waals surface area contributed by atoms with Crippen LogP contribution in [0.15, 0.2) is 17.8 Å². The van der Waals surface area contributed by atoms with Crippen LogP contribution in [0, 0.1) is 6.92 Å². The Kier molecular flexibility index (Phi) is 7.20. The van der Waals surface area contributed by atoms with Crippen molar-refractivity contribution in [2.45, 2.75) is 38.6 Å². The summed E-state index contributed by atoms with van der Waals surface area (Å²) in [4.78, 5) is 17.6. The lowest BCUT2D eigenvalue weighted by Gasteiger charge is -2.23. The molecule has 1 amide bonds. The number of hydrogen-bond acceptors (Lipinski definition) is 5. The van der Waals surface area contributed by atoms with Crippen molar-refractivity contribution in [3.63, 3.8) is 0 Å². The molecule has 2 aromatic rings. The quantitative estimate of drug-likeness (QED) is 0.815. The minimum atomic E-state index is 0. The molecule has 3 heterocycles. The molecule has 24 heavy (non-hydrogen) atoms. The van der Waals surface area contributed by atoms with E-state index in [4.69, 9.17) is 0 Å². The van der Waals surface area contributed by atoms with Gasteiger partial charge in [0.15, 0.2) is 0 Å². The first kappa shape index (κ1) is 18.9. The summed E-state index contributed by atoms with van der Waals surface area (Å²) in [5.74, 6) is 0.472. The third kappa shape index (κ3) is 4.78. The second-order valence-corrected chi connectivity index (χ2v) is 6.86. The number of amides is 1. The van der Waals surface area contributed by atoms with Gasteiger partial charge in [-0.2, -0.15) is 5.10 Å². The average Bonchev–Trinajstić information content (AvgIpc) is 3.18. The summed E-state index contributed by atoms with van der Waals surface area (Å²) in [6, 6.07) is 2.03. The Labute approximate surface area is 152 Å². The number of carbonyl (C=O) groups is 1. The Bertz CT molecular complexity index is 650.